The zero-order valence-electron chi connectivity index (χ0n) is 19.5. The minimum Gasteiger partial charge on any atom is -0.493 e. The van der Waals surface area contributed by atoms with Gasteiger partial charge in [0.15, 0.2) is 0 Å². The zero-order valence-corrected chi connectivity index (χ0v) is 19.5. The molecule has 3 heterocycles. The van der Waals surface area contributed by atoms with E-state index in [0.717, 1.165) is 57.5 Å². The van der Waals surface area contributed by atoms with Crippen LogP contribution in [-0.4, -0.2) is 64.2 Å². The molecule has 2 fully saturated rings. The van der Waals surface area contributed by atoms with Crippen LogP contribution < -0.4 is 4.74 Å². The number of hydrogen-bond donors (Lipinski definition) is 0. The predicted molar refractivity (Wildman–Crippen MR) is 127 cm³/mol. The lowest BCUT2D eigenvalue weighted by molar-refractivity contribution is -0.138. The fourth-order valence-corrected chi connectivity index (χ4v) is 4.91. The monoisotopic (exact) mass is 452 g/mol. The number of benzene rings is 1. The first-order chi connectivity index (χ1) is 16.1. The van der Waals surface area contributed by atoms with Crippen LogP contribution in [0.15, 0.2) is 48.8 Å². The highest BCUT2D eigenvalue weighted by Crippen LogP contribution is 2.37. The lowest BCUT2D eigenvalue weighted by Gasteiger charge is -2.42. The van der Waals surface area contributed by atoms with E-state index in [1.54, 1.807) is 6.20 Å². The van der Waals surface area contributed by atoms with E-state index in [0.29, 0.717) is 32.5 Å². The molecule has 0 spiro atoms. The largest absolute Gasteiger partial charge is 0.493 e. The molecule has 0 atom stereocenters. The van der Waals surface area contributed by atoms with Crippen molar-refractivity contribution in [2.45, 2.75) is 57.9 Å². The van der Waals surface area contributed by atoms with E-state index in [-0.39, 0.29) is 17.2 Å². The molecule has 1 aromatic carbocycles. The third-order valence-electron chi connectivity index (χ3n) is 7.04. The third-order valence-corrected chi connectivity index (χ3v) is 7.04. The molecular weight excluding hydrogens is 416 g/mol. The standard InChI is InChI=1S/C26H36N4O3/c31-24(11-7-17-30-18-8-14-27-30)29-19-12-26(13-20-29,22-33-23-9-3-1-4-10-23)21-25(32)28-15-5-2-6-16-28/h1,3-4,8-10,14,18H,2,5-7,11-13,15-17,19-22H2. The van der Waals surface area contributed by atoms with Gasteiger partial charge in [0.2, 0.25) is 11.8 Å². The Morgan fingerprint density at radius 3 is 2.33 bits per heavy atom. The summed E-state index contributed by atoms with van der Waals surface area (Å²) in [6.45, 7) is 4.38. The number of ether oxygens (including phenoxy) is 1. The molecule has 2 amide bonds. The highest BCUT2D eigenvalue weighted by atomic mass is 16.5. The molecule has 4 rings (SSSR count). The molecule has 2 aromatic rings. The van der Waals surface area contributed by atoms with Crippen molar-refractivity contribution in [2.75, 3.05) is 32.8 Å². The third kappa shape index (κ3) is 6.59. The number of aromatic nitrogens is 2. The second-order valence-corrected chi connectivity index (χ2v) is 9.47. The van der Waals surface area contributed by atoms with Gasteiger partial charge < -0.3 is 14.5 Å². The minimum atomic E-state index is -0.226. The number of aryl methyl sites for hydroxylation is 1. The van der Waals surface area contributed by atoms with Gasteiger partial charge in [-0.1, -0.05) is 18.2 Å². The Morgan fingerprint density at radius 1 is 0.909 bits per heavy atom. The van der Waals surface area contributed by atoms with E-state index in [1.165, 1.54) is 6.42 Å². The Labute approximate surface area is 196 Å². The summed E-state index contributed by atoms with van der Waals surface area (Å²) in [6.07, 6.45) is 10.5. The molecule has 7 heteroatoms. The molecule has 2 aliphatic rings. The molecule has 2 aliphatic heterocycles. The zero-order chi connectivity index (χ0) is 22.9. The normalized spacial score (nSPS) is 18.2. The lowest BCUT2D eigenvalue weighted by atomic mass is 9.75. The summed E-state index contributed by atoms with van der Waals surface area (Å²) in [5.74, 6) is 1.27. The summed E-state index contributed by atoms with van der Waals surface area (Å²) < 4.78 is 8.02. The van der Waals surface area contributed by atoms with Crippen molar-refractivity contribution < 1.29 is 14.3 Å². The topological polar surface area (TPSA) is 67.7 Å². The van der Waals surface area contributed by atoms with Crippen LogP contribution in [0.2, 0.25) is 0 Å². The van der Waals surface area contributed by atoms with E-state index in [1.807, 2.05) is 57.1 Å². The Morgan fingerprint density at radius 2 is 1.64 bits per heavy atom. The average Bonchev–Trinajstić information content (AvgIpc) is 3.38. The summed E-state index contributed by atoms with van der Waals surface area (Å²) in [4.78, 5) is 29.9. The fourth-order valence-electron chi connectivity index (χ4n) is 4.91. The van der Waals surface area contributed by atoms with Gasteiger partial charge in [-0.2, -0.15) is 5.10 Å². The summed E-state index contributed by atoms with van der Waals surface area (Å²) >= 11 is 0. The van der Waals surface area contributed by atoms with Gasteiger partial charge in [-0.05, 0) is 56.7 Å². The van der Waals surface area contributed by atoms with Gasteiger partial charge in [0.25, 0.3) is 0 Å². The molecule has 2 saturated heterocycles. The average molecular weight is 453 g/mol. The summed E-state index contributed by atoms with van der Waals surface area (Å²) in [7, 11) is 0. The van der Waals surface area contributed by atoms with Crippen molar-refractivity contribution in [1.82, 2.24) is 19.6 Å². The van der Waals surface area contributed by atoms with Gasteiger partial charge in [-0.25, -0.2) is 0 Å². The molecule has 0 bridgehead atoms. The van der Waals surface area contributed by atoms with Crippen LogP contribution in [0.4, 0.5) is 0 Å². The Balaban J connectivity index is 1.33. The summed E-state index contributed by atoms with van der Waals surface area (Å²) in [5.41, 5.74) is -0.226. The predicted octanol–water partition coefficient (Wildman–Crippen LogP) is 3.75. The quantitative estimate of drug-likeness (QED) is 0.581. The lowest BCUT2D eigenvalue weighted by Crippen LogP contribution is -2.48. The first-order valence-corrected chi connectivity index (χ1v) is 12.3. The van der Waals surface area contributed by atoms with Crippen LogP contribution in [0.3, 0.4) is 0 Å². The van der Waals surface area contributed by atoms with Crippen molar-refractivity contribution in [3.8, 4) is 5.75 Å². The number of likely N-dealkylation sites (tertiary alicyclic amines) is 2. The molecule has 1 aromatic heterocycles. The number of piperidine rings is 2. The minimum absolute atomic E-state index is 0.196. The maximum absolute atomic E-state index is 13.1. The number of amides is 2. The van der Waals surface area contributed by atoms with Gasteiger partial charge in [0, 0.05) is 63.4 Å². The fraction of sp³-hybridized carbons (Fsp3) is 0.577. The highest BCUT2D eigenvalue weighted by Gasteiger charge is 2.39. The second-order valence-electron chi connectivity index (χ2n) is 9.47. The van der Waals surface area contributed by atoms with Crippen LogP contribution in [0.25, 0.3) is 0 Å². The highest BCUT2D eigenvalue weighted by molar-refractivity contribution is 5.78. The number of carbonyl (C=O) groups is 2. The van der Waals surface area contributed by atoms with Gasteiger partial charge in [0.05, 0.1) is 6.61 Å². The molecule has 0 saturated carbocycles. The van der Waals surface area contributed by atoms with Crippen LogP contribution in [0.1, 0.15) is 51.4 Å². The van der Waals surface area contributed by atoms with Crippen molar-refractivity contribution in [3.05, 3.63) is 48.8 Å². The molecular formula is C26H36N4O3. The first kappa shape index (κ1) is 23.3. The van der Waals surface area contributed by atoms with Crippen LogP contribution >= 0.6 is 0 Å². The van der Waals surface area contributed by atoms with Crippen molar-refractivity contribution in [1.29, 1.82) is 0 Å². The summed E-state index contributed by atoms with van der Waals surface area (Å²) in [6, 6.07) is 11.7. The van der Waals surface area contributed by atoms with Crippen molar-refractivity contribution in [3.63, 3.8) is 0 Å². The number of nitrogens with zero attached hydrogens (tertiary/aromatic N) is 4. The van der Waals surface area contributed by atoms with Crippen LogP contribution in [-0.2, 0) is 16.1 Å². The molecule has 0 aliphatic carbocycles. The van der Waals surface area contributed by atoms with E-state index in [4.69, 9.17) is 4.74 Å². The number of para-hydroxylation sites is 1. The van der Waals surface area contributed by atoms with E-state index in [2.05, 4.69) is 5.10 Å². The Kier molecular flexibility index (Phi) is 8.02. The van der Waals surface area contributed by atoms with Crippen LogP contribution in [0, 0.1) is 5.41 Å². The molecule has 178 valence electrons. The van der Waals surface area contributed by atoms with Gasteiger partial charge in [0.1, 0.15) is 5.75 Å². The van der Waals surface area contributed by atoms with E-state index >= 15 is 0 Å². The number of rotatable bonds is 9. The number of carbonyl (C=O) groups excluding carboxylic acids is 2. The second kappa shape index (κ2) is 11.3. The first-order valence-electron chi connectivity index (χ1n) is 12.3. The Bertz CT molecular complexity index is 870. The van der Waals surface area contributed by atoms with Crippen molar-refractivity contribution >= 4 is 11.8 Å². The maximum Gasteiger partial charge on any atom is 0.223 e. The number of hydrogen-bond acceptors (Lipinski definition) is 4. The van der Waals surface area contributed by atoms with E-state index in [9.17, 15) is 9.59 Å². The maximum atomic E-state index is 13.1. The van der Waals surface area contributed by atoms with Gasteiger partial charge >= 0.3 is 0 Å². The van der Waals surface area contributed by atoms with Crippen LogP contribution in [0.5, 0.6) is 5.75 Å². The summed E-state index contributed by atoms with van der Waals surface area (Å²) in [5, 5.41) is 4.20. The molecule has 33 heavy (non-hydrogen) atoms. The molecule has 0 N–H and O–H groups in total. The SMILES string of the molecule is O=C(CCCn1cccn1)N1CCC(COc2ccccc2)(CC(=O)N2CCCCC2)CC1. The van der Waals surface area contributed by atoms with Crippen molar-refractivity contribution in [2.24, 2.45) is 5.41 Å². The van der Waals surface area contributed by atoms with E-state index < -0.39 is 0 Å². The molecule has 7 nitrogen and oxygen atoms in total. The van der Waals surface area contributed by atoms with Gasteiger partial charge in [-0.15, -0.1) is 0 Å². The Hall–Kier alpha value is -2.83. The molecule has 0 unspecified atom stereocenters. The molecule has 0 radical (unpaired) electrons. The smallest absolute Gasteiger partial charge is 0.223 e. The van der Waals surface area contributed by atoms with Gasteiger partial charge in [-0.3, -0.25) is 14.3 Å².